The van der Waals surface area contributed by atoms with Gasteiger partial charge in [0.15, 0.2) is 11.6 Å². The molecule has 1 unspecified atom stereocenters. The fourth-order valence-electron chi connectivity index (χ4n) is 2.31. The number of hydrogen-bond acceptors (Lipinski definition) is 2. The molecule has 0 aliphatic carbocycles. The number of amides is 1. The lowest BCUT2D eigenvalue weighted by Crippen LogP contribution is -2.35. The summed E-state index contributed by atoms with van der Waals surface area (Å²) >= 11 is 0. The molecule has 0 saturated carbocycles. The number of aliphatic imine (C=N–C) groups is 1. The molecule has 0 aliphatic rings. The zero-order valence-corrected chi connectivity index (χ0v) is 13.5. The van der Waals surface area contributed by atoms with E-state index in [1.54, 1.807) is 26.1 Å². The molecule has 4 nitrogen and oxygen atoms in total. The maximum absolute atomic E-state index is 13.3. The van der Waals surface area contributed by atoms with Crippen LogP contribution in [0.1, 0.15) is 12.5 Å². The van der Waals surface area contributed by atoms with Gasteiger partial charge in [0.2, 0.25) is 0 Å². The summed E-state index contributed by atoms with van der Waals surface area (Å²) in [4.78, 5) is 15.7. The van der Waals surface area contributed by atoms with Gasteiger partial charge in [0, 0.05) is 0 Å². The molecule has 0 radical (unpaired) electrons. The highest BCUT2D eigenvalue weighted by Crippen LogP contribution is 2.22. The maximum atomic E-state index is 13.3. The van der Waals surface area contributed by atoms with Crippen LogP contribution in [-0.4, -0.2) is 24.8 Å². The normalized spacial score (nSPS) is 12.9. The molecule has 3 N–H and O–H groups in total. The van der Waals surface area contributed by atoms with E-state index in [-0.39, 0.29) is 11.7 Å². The van der Waals surface area contributed by atoms with Crippen LogP contribution in [0.5, 0.6) is 0 Å². The Kier molecular flexibility index (Phi) is 5.76. The topological polar surface area (TPSA) is 67.5 Å². The van der Waals surface area contributed by atoms with Crippen molar-refractivity contribution in [3.05, 3.63) is 59.7 Å². The van der Waals surface area contributed by atoms with E-state index >= 15 is 0 Å². The van der Waals surface area contributed by atoms with Gasteiger partial charge in [-0.25, -0.2) is 8.78 Å². The molecule has 0 spiro atoms. The molecular formula is C18H19F2N3O. The molecule has 0 heterocycles. The first-order valence-electron chi connectivity index (χ1n) is 7.47. The lowest BCUT2D eigenvalue weighted by atomic mass is 10.0. The monoisotopic (exact) mass is 331 g/mol. The van der Waals surface area contributed by atoms with Crippen molar-refractivity contribution in [2.45, 2.75) is 19.4 Å². The van der Waals surface area contributed by atoms with Crippen molar-refractivity contribution in [3.8, 4) is 11.1 Å². The molecule has 6 heteroatoms. The Hall–Kier alpha value is -2.60. The van der Waals surface area contributed by atoms with Gasteiger partial charge in [-0.05, 0) is 49.2 Å². The summed E-state index contributed by atoms with van der Waals surface area (Å²) in [6, 6.07) is 10.6. The molecule has 0 saturated heterocycles. The average Bonchev–Trinajstić information content (AvgIpc) is 2.55. The van der Waals surface area contributed by atoms with Crippen LogP contribution in [0.25, 0.3) is 11.1 Å². The molecule has 0 fully saturated rings. The third kappa shape index (κ3) is 4.45. The summed E-state index contributed by atoms with van der Waals surface area (Å²) in [6.07, 6.45) is 0.449. The number of nitrogens with two attached hydrogens (primary N) is 1. The minimum atomic E-state index is -0.882. The van der Waals surface area contributed by atoms with Gasteiger partial charge < -0.3 is 11.1 Å². The number of nitrogens with one attached hydrogen (secondary N) is 1. The molecule has 24 heavy (non-hydrogen) atoms. The Morgan fingerprint density at radius 1 is 1.12 bits per heavy atom. The van der Waals surface area contributed by atoms with E-state index in [0.717, 1.165) is 23.3 Å². The molecule has 0 bridgehead atoms. The Balaban J connectivity index is 2.15. The predicted octanol–water partition coefficient (Wildman–Crippen LogP) is 2.67. The minimum Gasteiger partial charge on any atom is -0.387 e. The van der Waals surface area contributed by atoms with Gasteiger partial charge >= 0.3 is 0 Å². The number of halogens is 2. The maximum Gasteiger partial charge on any atom is 0.264 e. The van der Waals surface area contributed by atoms with E-state index in [2.05, 4.69) is 10.3 Å². The first kappa shape index (κ1) is 17.7. The second-order valence-electron chi connectivity index (χ2n) is 5.46. The fraction of sp³-hybridized carbons (Fsp3) is 0.222. The van der Waals surface area contributed by atoms with Crippen molar-refractivity contribution < 1.29 is 13.6 Å². The van der Waals surface area contributed by atoms with Crippen molar-refractivity contribution in [1.82, 2.24) is 5.32 Å². The summed E-state index contributed by atoms with van der Waals surface area (Å²) in [5.74, 6) is -1.87. The highest BCUT2D eigenvalue weighted by Gasteiger charge is 2.16. The molecule has 1 atom stereocenters. The van der Waals surface area contributed by atoms with E-state index in [4.69, 9.17) is 5.73 Å². The zero-order chi connectivity index (χ0) is 17.7. The van der Waals surface area contributed by atoms with Crippen molar-refractivity contribution >= 4 is 11.7 Å². The SMILES string of the molecule is CNC(Cc1ccc(-c2ccc(F)c(F)c2)cc1)C(=O)N=C(C)N. The molecule has 2 aromatic carbocycles. The zero-order valence-electron chi connectivity index (χ0n) is 13.5. The van der Waals surface area contributed by atoms with Crippen molar-refractivity contribution in [3.63, 3.8) is 0 Å². The van der Waals surface area contributed by atoms with Gasteiger partial charge in [0.1, 0.15) is 0 Å². The summed E-state index contributed by atoms with van der Waals surface area (Å²) in [5.41, 5.74) is 7.70. The summed E-state index contributed by atoms with van der Waals surface area (Å²) in [5, 5.41) is 2.91. The lowest BCUT2D eigenvalue weighted by Gasteiger charge is -2.13. The minimum absolute atomic E-state index is 0.217. The summed E-state index contributed by atoms with van der Waals surface area (Å²) in [7, 11) is 1.68. The first-order chi connectivity index (χ1) is 11.4. The second-order valence-corrected chi connectivity index (χ2v) is 5.46. The highest BCUT2D eigenvalue weighted by molar-refractivity contribution is 5.94. The third-order valence-corrected chi connectivity index (χ3v) is 3.58. The molecule has 126 valence electrons. The fourth-order valence-corrected chi connectivity index (χ4v) is 2.31. The van der Waals surface area contributed by atoms with Gasteiger partial charge in [0.05, 0.1) is 11.9 Å². The smallest absolute Gasteiger partial charge is 0.264 e. The molecule has 1 amide bonds. The van der Waals surface area contributed by atoms with Gasteiger partial charge in [-0.3, -0.25) is 4.79 Å². The van der Waals surface area contributed by atoms with Gasteiger partial charge in [-0.15, -0.1) is 0 Å². The van der Waals surface area contributed by atoms with Crippen LogP contribution in [0, 0.1) is 11.6 Å². The Morgan fingerprint density at radius 2 is 1.75 bits per heavy atom. The third-order valence-electron chi connectivity index (χ3n) is 3.58. The van der Waals surface area contributed by atoms with Gasteiger partial charge in [-0.2, -0.15) is 4.99 Å². The van der Waals surface area contributed by atoms with E-state index in [9.17, 15) is 13.6 Å². The van der Waals surface area contributed by atoms with E-state index < -0.39 is 17.7 Å². The van der Waals surface area contributed by atoms with Crippen LogP contribution in [0.3, 0.4) is 0 Å². The van der Waals surface area contributed by atoms with E-state index in [0.29, 0.717) is 12.0 Å². The van der Waals surface area contributed by atoms with Crippen LogP contribution in [0.4, 0.5) is 8.78 Å². The largest absolute Gasteiger partial charge is 0.387 e. The van der Waals surface area contributed by atoms with Crippen LogP contribution in [-0.2, 0) is 11.2 Å². The average molecular weight is 331 g/mol. The number of hydrogen-bond donors (Lipinski definition) is 2. The van der Waals surface area contributed by atoms with Gasteiger partial charge in [-0.1, -0.05) is 30.3 Å². The predicted molar refractivity (Wildman–Crippen MR) is 90.6 cm³/mol. The molecular weight excluding hydrogens is 312 g/mol. The number of carbonyl (C=O) groups is 1. The van der Waals surface area contributed by atoms with Crippen molar-refractivity contribution in [1.29, 1.82) is 0 Å². The highest BCUT2D eigenvalue weighted by atomic mass is 19.2. The molecule has 2 rings (SSSR count). The van der Waals surface area contributed by atoms with Crippen LogP contribution in [0.15, 0.2) is 47.5 Å². The van der Waals surface area contributed by atoms with Crippen molar-refractivity contribution in [2.75, 3.05) is 7.05 Å². The summed E-state index contributed by atoms with van der Waals surface area (Å²) < 4.78 is 26.3. The lowest BCUT2D eigenvalue weighted by molar-refractivity contribution is -0.119. The standard InChI is InChI=1S/C18H19F2N3O/c1-11(21)23-18(24)17(22-2)9-12-3-5-13(6-4-12)14-7-8-15(19)16(20)10-14/h3-8,10,17,22H,9H2,1-2H3,(H2,21,23,24). The number of rotatable bonds is 5. The number of likely N-dealkylation sites (N-methyl/N-ethyl adjacent to an activating group) is 1. The van der Waals surface area contributed by atoms with Gasteiger partial charge in [0.25, 0.3) is 5.91 Å². The van der Waals surface area contributed by atoms with Crippen LogP contribution in [0.2, 0.25) is 0 Å². The van der Waals surface area contributed by atoms with E-state index in [1.165, 1.54) is 6.07 Å². The van der Waals surface area contributed by atoms with Crippen LogP contribution >= 0.6 is 0 Å². The Morgan fingerprint density at radius 3 is 2.29 bits per heavy atom. The quantitative estimate of drug-likeness (QED) is 0.654. The van der Waals surface area contributed by atoms with Crippen LogP contribution < -0.4 is 11.1 Å². The molecule has 0 aliphatic heterocycles. The number of amidine groups is 1. The number of carbonyl (C=O) groups excluding carboxylic acids is 1. The number of nitrogens with zero attached hydrogens (tertiary/aromatic N) is 1. The Labute approximate surface area is 139 Å². The summed E-state index contributed by atoms with van der Waals surface area (Å²) in [6.45, 7) is 1.56. The molecule has 0 aromatic heterocycles. The first-order valence-corrected chi connectivity index (χ1v) is 7.47. The second kappa shape index (κ2) is 7.79. The number of benzene rings is 2. The molecule has 2 aromatic rings. The Bertz CT molecular complexity index is 753. The van der Waals surface area contributed by atoms with E-state index in [1.807, 2.05) is 12.1 Å². The van der Waals surface area contributed by atoms with Crippen molar-refractivity contribution in [2.24, 2.45) is 10.7 Å².